The standard InChI is InChI=1S/C25H17ClN4O/c26-18-11-7-10-17(14-18)21-20(15-27)24(28)31-25-22(21)23(16-8-3-1-4-9-16)29-30(25)19-12-5-2-6-13-19/h1-14,21H,28H2/t21-/m0/s1. The van der Waals surface area contributed by atoms with Gasteiger partial charge in [0, 0.05) is 10.6 Å². The molecule has 0 amide bonds. The second kappa shape index (κ2) is 7.67. The quantitative estimate of drug-likeness (QED) is 0.477. The van der Waals surface area contributed by atoms with Crippen molar-refractivity contribution in [1.82, 2.24) is 9.78 Å². The summed E-state index contributed by atoms with van der Waals surface area (Å²) in [4.78, 5) is 0. The maximum atomic E-state index is 9.95. The van der Waals surface area contributed by atoms with E-state index in [2.05, 4.69) is 6.07 Å². The van der Waals surface area contributed by atoms with E-state index in [9.17, 15) is 5.26 Å². The van der Waals surface area contributed by atoms with Gasteiger partial charge < -0.3 is 10.5 Å². The van der Waals surface area contributed by atoms with Gasteiger partial charge in [0.2, 0.25) is 11.8 Å². The SMILES string of the molecule is N#CC1=C(N)Oc2c(c(-c3ccccc3)nn2-c2ccccc2)[C@H]1c1cccc(Cl)c1. The number of fused-ring (bicyclic) bond motifs is 1. The summed E-state index contributed by atoms with van der Waals surface area (Å²) in [5, 5.41) is 15.4. The van der Waals surface area contributed by atoms with Crippen LogP contribution >= 0.6 is 11.6 Å². The maximum absolute atomic E-state index is 9.95. The molecule has 5 rings (SSSR count). The number of nitriles is 1. The molecule has 0 fully saturated rings. The van der Waals surface area contributed by atoms with Crippen molar-refractivity contribution in [3.05, 3.63) is 113 Å². The summed E-state index contributed by atoms with van der Waals surface area (Å²) < 4.78 is 7.74. The molecule has 150 valence electrons. The number of ether oxygens (including phenoxy) is 1. The third-order valence-electron chi connectivity index (χ3n) is 5.28. The van der Waals surface area contributed by atoms with E-state index in [1.165, 1.54) is 0 Å². The molecule has 1 atom stereocenters. The summed E-state index contributed by atoms with van der Waals surface area (Å²) in [6.07, 6.45) is 0. The monoisotopic (exact) mass is 424 g/mol. The number of allylic oxidation sites excluding steroid dienone is 1. The minimum absolute atomic E-state index is 0.0664. The van der Waals surface area contributed by atoms with Crippen molar-refractivity contribution >= 4 is 11.6 Å². The Morgan fingerprint density at radius 1 is 0.968 bits per heavy atom. The number of para-hydroxylation sites is 1. The summed E-state index contributed by atoms with van der Waals surface area (Å²) in [5.74, 6) is 0.100. The van der Waals surface area contributed by atoms with Gasteiger partial charge in [0.15, 0.2) is 0 Å². The predicted octanol–water partition coefficient (Wildman–Crippen LogP) is 5.41. The third kappa shape index (κ3) is 3.24. The second-order valence-electron chi connectivity index (χ2n) is 7.16. The number of aromatic nitrogens is 2. The first-order valence-corrected chi connectivity index (χ1v) is 10.1. The topological polar surface area (TPSA) is 76.9 Å². The zero-order valence-corrected chi connectivity index (χ0v) is 17.1. The second-order valence-corrected chi connectivity index (χ2v) is 7.60. The number of halogens is 1. The van der Waals surface area contributed by atoms with Crippen molar-refractivity contribution in [2.75, 3.05) is 0 Å². The van der Waals surface area contributed by atoms with Crippen molar-refractivity contribution in [1.29, 1.82) is 5.26 Å². The molecule has 0 bridgehead atoms. The Kier molecular flexibility index (Phi) is 4.70. The molecular weight excluding hydrogens is 408 g/mol. The van der Waals surface area contributed by atoms with E-state index in [4.69, 9.17) is 27.2 Å². The molecule has 0 spiro atoms. The smallest absolute Gasteiger partial charge is 0.229 e. The fourth-order valence-electron chi connectivity index (χ4n) is 3.91. The average molecular weight is 425 g/mol. The van der Waals surface area contributed by atoms with Crippen LogP contribution < -0.4 is 10.5 Å². The Balaban J connectivity index is 1.84. The van der Waals surface area contributed by atoms with Crippen LogP contribution in [0.2, 0.25) is 5.02 Å². The molecule has 1 aliphatic rings. The van der Waals surface area contributed by atoms with Crippen molar-refractivity contribution in [3.63, 3.8) is 0 Å². The van der Waals surface area contributed by atoms with Crippen molar-refractivity contribution in [3.8, 4) is 28.9 Å². The van der Waals surface area contributed by atoms with Gasteiger partial charge >= 0.3 is 0 Å². The molecule has 0 radical (unpaired) electrons. The molecular formula is C25H17ClN4O. The van der Waals surface area contributed by atoms with Crippen LogP contribution in [0.1, 0.15) is 17.0 Å². The van der Waals surface area contributed by atoms with Crippen molar-refractivity contribution in [2.24, 2.45) is 5.73 Å². The maximum Gasteiger partial charge on any atom is 0.229 e. The van der Waals surface area contributed by atoms with Gasteiger partial charge in [-0.15, -0.1) is 0 Å². The lowest BCUT2D eigenvalue weighted by Crippen LogP contribution is -2.22. The van der Waals surface area contributed by atoms with E-state index in [1.54, 1.807) is 10.7 Å². The lowest BCUT2D eigenvalue weighted by Gasteiger charge is -2.25. The molecule has 31 heavy (non-hydrogen) atoms. The van der Waals surface area contributed by atoms with Crippen LogP contribution in [-0.4, -0.2) is 9.78 Å². The van der Waals surface area contributed by atoms with Gasteiger partial charge in [-0.2, -0.15) is 15.0 Å². The minimum atomic E-state index is -0.458. The number of benzene rings is 3. The molecule has 0 saturated carbocycles. The number of hydrogen-bond acceptors (Lipinski definition) is 4. The average Bonchev–Trinajstić information content (AvgIpc) is 3.18. The van der Waals surface area contributed by atoms with Gasteiger partial charge in [-0.25, -0.2) is 0 Å². The van der Waals surface area contributed by atoms with E-state index in [0.717, 1.165) is 28.1 Å². The first-order chi connectivity index (χ1) is 15.2. The van der Waals surface area contributed by atoms with Crippen LogP contribution in [0.4, 0.5) is 0 Å². The largest absolute Gasteiger partial charge is 0.422 e. The third-order valence-corrected chi connectivity index (χ3v) is 5.51. The summed E-state index contributed by atoms with van der Waals surface area (Å²) in [7, 11) is 0. The number of hydrogen-bond donors (Lipinski definition) is 1. The van der Waals surface area contributed by atoms with Gasteiger partial charge in [-0.05, 0) is 29.8 Å². The van der Waals surface area contributed by atoms with E-state index < -0.39 is 5.92 Å². The summed E-state index contributed by atoms with van der Waals surface area (Å²) >= 11 is 6.29. The molecule has 1 aliphatic heterocycles. The van der Waals surface area contributed by atoms with Crippen LogP contribution in [0, 0.1) is 11.3 Å². The zero-order valence-electron chi connectivity index (χ0n) is 16.4. The van der Waals surface area contributed by atoms with E-state index in [0.29, 0.717) is 16.5 Å². The van der Waals surface area contributed by atoms with Crippen molar-refractivity contribution in [2.45, 2.75) is 5.92 Å². The Labute approximate surface area is 184 Å². The molecule has 1 aromatic heterocycles. The highest BCUT2D eigenvalue weighted by molar-refractivity contribution is 6.30. The van der Waals surface area contributed by atoms with Crippen LogP contribution in [-0.2, 0) is 0 Å². The summed E-state index contributed by atoms with van der Waals surface area (Å²) in [6.45, 7) is 0. The van der Waals surface area contributed by atoms with Gasteiger partial charge in [0.25, 0.3) is 0 Å². The predicted molar refractivity (Wildman–Crippen MR) is 120 cm³/mol. The molecule has 0 saturated heterocycles. The Bertz CT molecular complexity index is 1340. The first kappa shape index (κ1) is 19.0. The van der Waals surface area contributed by atoms with Gasteiger partial charge in [0.1, 0.15) is 17.3 Å². The van der Waals surface area contributed by atoms with Gasteiger partial charge in [-0.3, -0.25) is 0 Å². The molecule has 3 aromatic carbocycles. The molecule has 0 aliphatic carbocycles. The number of rotatable bonds is 3. The highest BCUT2D eigenvalue weighted by Crippen LogP contribution is 2.47. The zero-order chi connectivity index (χ0) is 21.4. The molecule has 2 N–H and O–H groups in total. The normalized spacial score (nSPS) is 15.2. The van der Waals surface area contributed by atoms with Crippen molar-refractivity contribution < 1.29 is 4.74 Å². The van der Waals surface area contributed by atoms with Crippen LogP contribution in [0.5, 0.6) is 5.88 Å². The molecule has 2 heterocycles. The molecule has 6 heteroatoms. The lowest BCUT2D eigenvalue weighted by atomic mass is 9.83. The minimum Gasteiger partial charge on any atom is -0.422 e. The molecule has 0 unspecified atom stereocenters. The first-order valence-electron chi connectivity index (χ1n) is 9.74. The van der Waals surface area contributed by atoms with Gasteiger partial charge in [-0.1, -0.05) is 72.3 Å². The van der Waals surface area contributed by atoms with Crippen LogP contribution in [0.15, 0.2) is 96.4 Å². The van der Waals surface area contributed by atoms with Crippen LogP contribution in [0.3, 0.4) is 0 Å². The Morgan fingerprint density at radius 3 is 2.35 bits per heavy atom. The Hall–Kier alpha value is -4.01. The van der Waals surface area contributed by atoms with E-state index >= 15 is 0 Å². The fraction of sp³-hybridized carbons (Fsp3) is 0.0400. The highest BCUT2D eigenvalue weighted by atomic mass is 35.5. The fourth-order valence-corrected chi connectivity index (χ4v) is 4.11. The van der Waals surface area contributed by atoms with Gasteiger partial charge in [0.05, 0.1) is 17.2 Å². The van der Waals surface area contributed by atoms with Crippen LogP contribution in [0.25, 0.3) is 16.9 Å². The lowest BCUT2D eigenvalue weighted by molar-refractivity contribution is 0.367. The number of nitrogens with zero attached hydrogens (tertiary/aromatic N) is 3. The number of nitrogens with two attached hydrogens (primary N) is 1. The molecule has 5 nitrogen and oxygen atoms in total. The summed E-state index contributed by atoms with van der Waals surface area (Å²) in [5.41, 5.74) is 10.7. The Morgan fingerprint density at radius 2 is 1.68 bits per heavy atom. The summed E-state index contributed by atoms with van der Waals surface area (Å²) in [6, 6.07) is 29.2. The highest BCUT2D eigenvalue weighted by Gasteiger charge is 2.37. The van der Waals surface area contributed by atoms with E-state index in [1.807, 2.05) is 78.9 Å². The van der Waals surface area contributed by atoms with E-state index in [-0.39, 0.29) is 5.88 Å². The molecule has 4 aromatic rings.